The molecule has 0 spiro atoms. The highest BCUT2D eigenvalue weighted by molar-refractivity contribution is 5.78. The van der Waals surface area contributed by atoms with Crippen molar-refractivity contribution in [2.45, 2.75) is 58.0 Å². The lowest BCUT2D eigenvalue weighted by Gasteiger charge is -2.22. The van der Waals surface area contributed by atoms with Gasteiger partial charge in [-0.1, -0.05) is 19.8 Å². The first kappa shape index (κ1) is 11.9. The van der Waals surface area contributed by atoms with Crippen LogP contribution in [0.3, 0.4) is 0 Å². The molecule has 1 aliphatic carbocycles. The van der Waals surface area contributed by atoms with Crippen LogP contribution in [0.25, 0.3) is 0 Å². The predicted molar refractivity (Wildman–Crippen MR) is 65.2 cm³/mol. The number of amides is 1. The Labute approximate surface area is 98.6 Å². The fraction of sp³-hybridized carbons (Fsp3) is 0.923. The van der Waals surface area contributed by atoms with Gasteiger partial charge >= 0.3 is 0 Å². The Balaban J connectivity index is 1.74. The van der Waals surface area contributed by atoms with Crippen LogP contribution >= 0.6 is 0 Å². The second-order valence-electron chi connectivity index (χ2n) is 5.60. The first-order valence-corrected chi connectivity index (χ1v) is 6.69. The van der Waals surface area contributed by atoms with E-state index >= 15 is 0 Å². The first-order valence-electron chi connectivity index (χ1n) is 6.69. The van der Waals surface area contributed by atoms with Crippen molar-refractivity contribution in [3.8, 4) is 0 Å². The van der Waals surface area contributed by atoms with Crippen LogP contribution < -0.4 is 5.32 Å². The molecule has 92 valence electrons. The van der Waals surface area contributed by atoms with Gasteiger partial charge in [0.15, 0.2) is 0 Å². The molecule has 1 saturated heterocycles. The zero-order valence-electron chi connectivity index (χ0n) is 10.5. The van der Waals surface area contributed by atoms with E-state index in [1.165, 1.54) is 25.7 Å². The van der Waals surface area contributed by atoms with Crippen LogP contribution in [0.5, 0.6) is 0 Å². The Kier molecular flexibility index (Phi) is 3.85. The number of nitrogens with one attached hydrogen (secondary N) is 1. The number of hydrogen-bond acceptors (Lipinski definition) is 2. The van der Waals surface area contributed by atoms with Gasteiger partial charge in [0.1, 0.15) is 0 Å². The second-order valence-corrected chi connectivity index (χ2v) is 5.60. The minimum absolute atomic E-state index is 0.295. The summed E-state index contributed by atoms with van der Waals surface area (Å²) >= 11 is 0. The lowest BCUT2D eigenvalue weighted by Crippen LogP contribution is -2.42. The smallest absolute Gasteiger partial charge is 0.236 e. The summed E-state index contributed by atoms with van der Waals surface area (Å²) in [5.41, 5.74) is 0. The molecule has 0 bridgehead atoms. The maximum absolute atomic E-state index is 12.0. The number of carbonyl (C=O) groups is 1. The third-order valence-electron chi connectivity index (χ3n) is 4.00. The molecule has 0 aromatic carbocycles. The van der Waals surface area contributed by atoms with E-state index in [1.807, 2.05) is 4.90 Å². The molecule has 1 saturated carbocycles. The van der Waals surface area contributed by atoms with Gasteiger partial charge in [-0.05, 0) is 32.1 Å². The highest BCUT2D eigenvalue weighted by Gasteiger charge is 2.29. The van der Waals surface area contributed by atoms with E-state index in [9.17, 15) is 4.79 Å². The van der Waals surface area contributed by atoms with E-state index in [-0.39, 0.29) is 0 Å². The number of likely N-dealkylation sites (tertiary alicyclic amines) is 1. The van der Waals surface area contributed by atoms with Gasteiger partial charge in [0.25, 0.3) is 0 Å². The van der Waals surface area contributed by atoms with Crippen molar-refractivity contribution in [2.24, 2.45) is 5.92 Å². The Morgan fingerprint density at radius 2 is 2.00 bits per heavy atom. The second kappa shape index (κ2) is 5.17. The molecule has 2 atom stereocenters. The largest absolute Gasteiger partial charge is 0.339 e. The molecular weight excluding hydrogens is 200 g/mol. The standard InChI is InChI=1S/C13H24N2O/c1-10-7-11(2)15(9-10)13(16)8-14-12-5-3-4-6-12/h10-12,14H,3-9H2,1-2H3. The Morgan fingerprint density at radius 1 is 1.31 bits per heavy atom. The van der Waals surface area contributed by atoms with E-state index in [4.69, 9.17) is 0 Å². The van der Waals surface area contributed by atoms with Gasteiger partial charge in [0, 0.05) is 18.6 Å². The quantitative estimate of drug-likeness (QED) is 0.792. The summed E-state index contributed by atoms with van der Waals surface area (Å²) in [6.07, 6.45) is 6.31. The van der Waals surface area contributed by atoms with Gasteiger partial charge in [-0.3, -0.25) is 4.79 Å². The normalized spacial score (nSPS) is 31.2. The lowest BCUT2D eigenvalue weighted by atomic mass is 10.1. The molecule has 1 N–H and O–H groups in total. The molecule has 0 aromatic heterocycles. The van der Waals surface area contributed by atoms with Gasteiger partial charge in [-0.2, -0.15) is 0 Å². The molecule has 2 rings (SSSR count). The van der Waals surface area contributed by atoms with Crippen LogP contribution in [0.4, 0.5) is 0 Å². The van der Waals surface area contributed by atoms with Crippen molar-refractivity contribution >= 4 is 5.91 Å². The lowest BCUT2D eigenvalue weighted by molar-refractivity contribution is -0.131. The molecular formula is C13H24N2O. The van der Waals surface area contributed by atoms with E-state index in [0.717, 1.165) is 13.0 Å². The highest BCUT2D eigenvalue weighted by Crippen LogP contribution is 2.22. The fourth-order valence-corrected chi connectivity index (χ4v) is 3.11. The number of carbonyl (C=O) groups excluding carboxylic acids is 1. The molecule has 2 unspecified atom stereocenters. The third-order valence-corrected chi connectivity index (χ3v) is 4.00. The zero-order chi connectivity index (χ0) is 11.5. The molecule has 2 fully saturated rings. The summed E-state index contributed by atoms with van der Waals surface area (Å²) in [5.74, 6) is 0.967. The van der Waals surface area contributed by atoms with Crippen molar-refractivity contribution in [1.29, 1.82) is 0 Å². The maximum Gasteiger partial charge on any atom is 0.236 e. The average molecular weight is 224 g/mol. The van der Waals surface area contributed by atoms with Gasteiger partial charge < -0.3 is 10.2 Å². The van der Waals surface area contributed by atoms with Crippen LogP contribution in [-0.4, -0.2) is 36.0 Å². The SMILES string of the molecule is CC1CC(C)N(C(=O)CNC2CCCC2)C1. The summed E-state index contributed by atoms with van der Waals surface area (Å²) in [7, 11) is 0. The average Bonchev–Trinajstić information content (AvgIpc) is 2.84. The topological polar surface area (TPSA) is 32.3 Å². The molecule has 3 nitrogen and oxygen atoms in total. The molecule has 16 heavy (non-hydrogen) atoms. The molecule has 1 heterocycles. The summed E-state index contributed by atoms with van der Waals surface area (Å²) in [5, 5.41) is 3.40. The first-order chi connectivity index (χ1) is 7.66. The van der Waals surface area contributed by atoms with Crippen molar-refractivity contribution in [1.82, 2.24) is 10.2 Å². The minimum atomic E-state index is 0.295. The van der Waals surface area contributed by atoms with Crippen LogP contribution in [0, 0.1) is 5.92 Å². The van der Waals surface area contributed by atoms with Crippen LogP contribution in [0.15, 0.2) is 0 Å². The molecule has 0 aromatic rings. The highest BCUT2D eigenvalue weighted by atomic mass is 16.2. The monoisotopic (exact) mass is 224 g/mol. The van der Waals surface area contributed by atoms with Crippen LogP contribution in [-0.2, 0) is 4.79 Å². The van der Waals surface area contributed by atoms with Gasteiger partial charge in [0.05, 0.1) is 6.54 Å². The minimum Gasteiger partial charge on any atom is -0.339 e. The zero-order valence-corrected chi connectivity index (χ0v) is 10.5. The van der Waals surface area contributed by atoms with Gasteiger partial charge in [-0.25, -0.2) is 0 Å². The Bertz CT molecular complexity index is 248. The van der Waals surface area contributed by atoms with E-state index in [0.29, 0.717) is 30.5 Å². The summed E-state index contributed by atoms with van der Waals surface area (Å²) in [4.78, 5) is 14.1. The van der Waals surface area contributed by atoms with E-state index in [2.05, 4.69) is 19.2 Å². The number of rotatable bonds is 3. The summed E-state index contributed by atoms with van der Waals surface area (Å²) in [6.45, 7) is 5.89. The van der Waals surface area contributed by atoms with Gasteiger partial charge in [-0.15, -0.1) is 0 Å². The molecule has 3 heteroatoms. The molecule has 0 radical (unpaired) electrons. The van der Waals surface area contributed by atoms with Crippen molar-refractivity contribution in [3.63, 3.8) is 0 Å². The number of hydrogen-bond donors (Lipinski definition) is 1. The van der Waals surface area contributed by atoms with Crippen molar-refractivity contribution < 1.29 is 4.79 Å². The fourth-order valence-electron chi connectivity index (χ4n) is 3.11. The van der Waals surface area contributed by atoms with Crippen LogP contribution in [0.2, 0.25) is 0 Å². The number of nitrogens with zero attached hydrogens (tertiary/aromatic N) is 1. The molecule has 1 amide bonds. The Hall–Kier alpha value is -0.570. The molecule has 2 aliphatic rings. The predicted octanol–water partition coefficient (Wildman–Crippen LogP) is 1.78. The van der Waals surface area contributed by atoms with E-state index in [1.54, 1.807) is 0 Å². The van der Waals surface area contributed by atoms with E-state index < -0.39 is 0 Å². The summed E-state index contributed by atoms with van der Waals surface area (Å²) in [6, 6.07) is 1.03. The third kappa shape index (κ3) is 2.76. The van der Waals surface area contributed by atoms with Crippen molar-refractivity contribution in [2.75, 3.05) is 13.1 Å². The summed E-state index contributed by atoms with van der Waals surface area (Å²) < 4.78 is 0. The Morgan fingerprint density at radius 3 is 2.56 bits per heavy atom. The maximum atomic E-state index is 12.0. The van der Waals surface area contributed by atoms with Gasteiger partial charge in [0.2, 0.25) is 5.91 Å². The van der Waals surface area contributed by atoms with Crippen molar-refractivity contribution in [3.05, 3.63) is 0 Å². The molecule has 1 aliphatic heterocycles. The van der Waals surface area contributed by atoms with Crippen LogP contribution in [0.1, 0.15) is 46.0 Å².